The molecule has 108 valence electrons. The van der Waals surface area contributed by atoms with Crippen molar-refractivity contribution in [3.05, 3.63) is 53.6 Å². The summed E-state index contributed by atoms with van der Waals surface area (Å²) < 4.78 is 1.90. The molecule has 0 saturated carbocycles. The monoisotopic (exact) mass is 281 g/mol. The second-order valence-corrected chi connectivity index (χ2v) is 5.60. The van der Waals surface area contributed by atoms with Gasteiger partial charge in [-0.1, -0.05) is 24.3 Å². The van der Waals surface area contributed by atoms with E-state index in [1.807, 2.05) is 29.7 Å². The van der Waals surface area contributed by atoms with Crippen molar-refractivity contribution in [3.8, 4) is 6.07 Å². The minimum absolute atomic E-state index is 0.677. The maximum atomic E-state index is 11.0. The van der Waals surface area contributed by atoms with Crippen LogP contribution >= 0.6 is 0 Å². The number of nitrogens with zero attached hydrogens (tertiary/aromatic N) is 3. The fourth-order valence-corrected chi connectivity index (χ4v) is 3.40. The maximum absolute atomic E-state index is 11.0. The van der Waals surface area contributed by atoms with Crippen LogP contribution < -0.4 is 0 Å². The van der Waals surface area contributed by atoms with Crippen LogP contribution in [0.3, 0.4) is 0 Å². The summed E-state index contributed by atoms with van der Waals surface area (Å²) in [6.45, 7) is 2.74. The Balaban J connectivity index is 2.13. The average Bonchev–Trinajstić information content (AvgIpc) is 3.02. The molecular weight excluding hydrogens is 262 g/mol. The van der Waals surface area contributed by atoms with E-state index in [2.05, 4.69) is 17.1 Å². The van der Waals surface area contributed by atoms with Gasteiger partial charge in [-0.05, 0) is 37.3 Å². The van der Waals surface area contributed by atoms with Gasteiger partial charge in [0.1, 0.15) is 11.5 Å². The number of rotatable bonds is 3. The lowest BCUT2D eigenvalue weighted by Gasteiger charge is -2.37. The first-order valence-electron chi connectivity index (χ1n) is 7.40. The number of hydrogen-bond donors (Lipinski definition) is 1. The molecule has 0 bridgehead atoms. The lowest BCUT2D eigenvalue weighted by atomic mass is 9.67. The molecule has 0 spiro atoms. The van der Waals surface area contributed by atoms with Gasteiger partial charge in [0.05, 0.1) is 24.3 Å². The molecule has 1 aromatic carbocycles. The summed E-state index contributed by atoms with van der Waals surface area (Å²) >= 11 is 0. The molecule has 21 heavy (non-hydrogen) atoms. The fourth-order valence-electron chi connectivity index (χ4n) is 3.40. The maximum Gasteiger partial charge on any atom is 0.118 e. The van der Waals surface area contributed by atoms with E-state index < -0.39 is 11.5 Å². The smallest absolute Gasteiger partial charge is 0.118 e. The molecule has 1 aliphatic rings. The molecule has 1 heterocycles. The summed E-state index contributed by atoms with van der Waals surface area (Å²) in [5.74, 6) is 0. The van der Waals surface area contributed by atoms with Gasteiger partial charge in [0.15, 0.2) is 0 Å². The largest absolute Gasteiger partial charge is 0.385 e. The van der Waals surface area contributed by atoms with Crippen LogP contribution in [0, 0.1) is 11.3 Å². The third-order valence-electron chi connectivity index (χ3n) is 4.55. The molecule has 1 aliphatic carbocycles. The summed E-state index contributed by atoms with van der Waals surface area (Å²) in [5.41, 5.74) is 1.99. The summed E-state index contributed by atoms with van der Waals surface area (Å²) in [4.78, 5) is 4.12. The van der Waals surface area contributed by atoms with Crippen molar-refractivity contribution < 1.29 is 5.11 Å². The summed E-state index contributed by atoms with van der Waals surface area (Å²) in [6.07, 6.45) is 5.09. The number of aliphatic hydroxyl groups is 1. The number of hydrogen-bond acceptors (Lipinski definition) is 3. The van der Waals surface area contributed by atoms with Crippen molar-refractivity contribution in [2.24, 2.45) is 0 Å². The molecule has 4 heteroatoms. The number of benzene rings is 1. The molecule has 0 amide bonds. The number of aryl methyl sites for hydroxylation is 2. The molecule has 0 radical (unpaired) electrons. The Hall–Kier alpha value is -2.12. The summed E-state index contributed by atoms with van der Waals surface area (Å²) in [6, 6.07) is 10.4. The SMILES string of the molecule is CCn1cncc1C(O)C1(C#N)CCCc2ccccc21. The molecule has 2 aromatic rings. The molecule has 2 atom stereocenters. The predicted octanol–water partition coefficient (Wildman–Crippen LogP) is 2.73. The van der Waals surface area contributed by atoms with Gasteiger partial charge in [0.25, 0.3) is 0 Å². The Labute approximate surface area is 124 Å². The molecule has 0 saturated heterocycles. The average molecular weight is 281 g/mol. The Morgan fingerprint density at radius 2 is 2.29 bits per heavy atom. The van der Waals surface area contributed by atoms with E-state index in [1.165, 1.54) is 5.56 Å². The van der Waals surface area contributed by atoms with Gasteiger partial charge in [-0.15, -0.1) is 0 Å². The molecule has 1 N–H and O–H groups in total. The van der Waals surface area contributed by atoms with Crippen molar-refractivity contribution >= 4 is 0 Å². The van der Waals surface area contributed by atoms with E-state index in [-0.39, 0.29) is 0 Å². The standard InChI is InChI=1S/C17H19N3O/c1-2-20-12-19-10-15(20)16(21)17(11-18)9-5-7-13-6-3-4-8-14(13)17/h3-4,6,8,10,12,16,21H,2,5,7,9H2,1H3. The third kappa shape index (κ3) is 2.05. The van der Waals surface area contributed by atoms with Crippen LogP contribution in [-0.2, 0) is 18.4 Å². The molecule has 0 aliphatic heterocycles. The first-order valence-corrected chi connectivity index (χ1v) is 7.40. The fraction of sp³-hybridized carbons (Fsp3) is 0.412. The summed E-state index contributed by atoms with van der Waals surface area (Å²) in [7, 11) is 0. The number of aliphatic hydroxyl groups excluding tert-OH is 1. The van der Waals surface area contributed by atoms with Gasteiger partial charge >= 0.3 is 0 Å². The zero-order valence-corrected chi connectivity index (χ0v) is 12.2. The molecule has 1 aromatic heterocycles. The molecule has 2 unspecified atom stereocenters. The van der Waals surface area contributed by atoms with E-state index in [0.29, 0.717) is 6.42 Å². The zero-order chi connectivity index (χ0) is 14.9. The van der Waals surface area contributed by atoms with Gasteiger partial charge in [-0.2, -0.15) is 5.26 Å². The number of nitriles is 1. The van der Waals surface area contributed by atoms with Gasteiger partial charge in [-0.3, -0.25) is 0 Å². The van der Waals surface area contributed by atoms with Crippen molar-refractivity contribution in [3.63, 3.8) is 0 Å². The molecule has 4 nitrogen and oxygen atoms in total. The highest BCUT2D eigenvalue weighted by Crippen LogP contribution is 2.45. The number of fused-ring (bicyclic) bond motifs is 1. The van der Waals surface area contributed by atoms with Gasteiger partial charge < -0.3 is 9.67 Å². The van der Waals surface area contributed by atoms with Crippen LogP contribution in [0.5, 0.6) is 0 Å². The second kappa shape index (κ2) is 5.34. The quantitative estimate of drug-likeness (QED) is 0.941. The number of aromatic nitrogens is 2. The lowest BCUT2D eigenvalue weighted by molar-refractivity contribution is 0.0921. The molecule has 3 rings (SSSR count). The molecular formula is C17H19N3O. The second-order valence-electron chi connectivity index (χ2n) is 5.60. The van der Waals surface area contributed by atoms with E-state index in [0.717, 1.165) is 30.6 Å². The van der Waals surface area contributed by atoms with E-state index in [4.69, 9.17) is 0 Å². The topological polar surface area (TPSA) is 61.8 Å². The van der Waals surface area contributed by atoms with Crippen molar-refractivity contribution in [1.82, 2.24) is 9.55 Å². The number of imidazole rings is 1. The van der Waals surface area contributed by atoms with Crippen LogP contribution in [-0.4, -0.2) is 14.7 Å². The van der Waals surface area contributed by atoms with E-state index >= 15 is 0 Å². The highest BCUT2D eigenvalue weighted by molar-refractivity contribution is 5.44. The van der Waals surface area contributed by atoms with Gasteiger partial charge in [-0.25, -0.2) is 4.98 Å². The minimum atomic E-state index is -0.873. The van der Waals surface area contributed by atoms with Gasteiger partial charge in [0.2, 0.25) is 0 Å². The Morgan fingerprint density at radius 1 is 1.48 bits per heavy atom. The molecule has 0 fully saturated rings. The summed E-state index contributed by atoms with van der Waals surface area (Å²) in [5, 5.41) is 20.8. The first kappa shape index (κ1) is 13.8. The third-order valence-corrected chi connectivity index (χ3v) is 4.55. The normalized spacial score (nSPS) is 22.3. The van der Waals surface area contributed by atoms with E-state index in [9.17, 15) is 10.4 Å². The Bertz CT molecular complexity index is 685. The van der Waals surface area contributed by atoms with Crippen molar-refractivity contribution in [1.29, 1.82) is 5.26 Å². The predicted molar refractivity (Wildman–Crippen MR) is 79.5 cm³/mol. The van der Waals surface area contributed by atoms with Crippen molar-refractivity contribution in [2.75, 3.05) is 0 Å². The van der Waals surface area contributed by atoms with Gasteiger partial charge in [0, 0.05) is 6.54 Å². The highest BCUT2D eigenvalue weighted by Gasteiger charge is 2.45. The minimum Gasteiger partial charge on any atom is -0.385 e. The van der Waals surface area contributed by atoms with Crippen LogP contribution in [0.15, 0.2) is 36.8 Å². The zero-order valence-electron chi connectivity index (χ0n) is 12.2. The van der Waals surface area contributed by atoms with Crippen LogP contribution in [0.1, 0.15) is 42.7 Å². The van der Waals surface area contributed by atoms with Crippen LogP contribution in [0.2, 0.25) is 0 Å². The lowest BCUT2D eigenvalue weighted by Crippen LogP contribution is -2.37. The Morgan fingerprint density at radius 3 is 3.05 bits per heavy atom. The van der Waals surface area contributed by atoms with Crippen LogP contribution in [0.4, 0.5) is 0 Å². The first-order chi connectivity index (χ1) is 10.2. The van der Waals surface area contributed by atoms with Crippen molar-refractivity contribution in [2.45, 2.75) is 44.2 Å². The highest BCUT2D eigenvalue weighted by atomic mass is 16.3. The Kier molecular flexibility index (Phi) is 3.52. The van der Waals surface area contributed by atoms with E-state index in [1.54, 1.807) is 12.5 Å². The van der Waals surface area contributed by atoms with Crippen LogP contribution in [0.25, 0.3) is 0 Å².